The highest BCUT2D eigenvalue weighted by molar-refractivity contribution is 9.10. The zero-order valence-corrected chi connectivity index (χ0v) is 28.3. The summed E-state index contributed by atoms with van der Waals surface area (Å²) in [6.45, 7) is 3.59. The molecule has 0 radical (unpaired) electrons. The summed E-state index contributed by atoms with van der Waals surface area (Å²) in [4.78, 5) is 25.4. The third-order valence-corrected chi connectivity index (χ3v) is 8.05. The van der Waals surface area contributed by atoms with Crippen molar-refractivity contribution in [2.45, 2.75) is 26.5 Å². The van der Waals surface area contributed by atoms with Crippen molar-refractivity contribution in [3.8, 4) is 17.2 Å². The van der Waals surface area contributed by atoms with Crippen LogP contribution in [-0.2, 0) is 20.9 Å². The molecule has 3 aromatic rings. The molecule has 3 aromatic carbocycles. The Morgan fingerprint density at radius 2 is 1.84 bits per heavy atom. The smallest absolute Gasteiger partial charge is 0.338 e. The van der Waals surface area contributed by atoms with E-state index in [-0.39, 0.29) is 19.8 Å². The third kappa shape index (κ3) is 8.88. The molecule has 0 fully saturated rings. The molecule has 236 valence electrons. The molecule has 0 saturated carbocycles. The van der Waals surface area contributed by atoms with Gasteiger partial charge in [-0.25, -0.2) is 10.2 Å². The molecular weight excluding hydrogens is 707 g/mol. The lowest BCUT2D eigenvalue weighted by Crippen LogP contribution is -2.45. The molecule has 3 N–H and O–H groups in total. The Kier molecular flexibility index (Phi) is 12.1. The number of methoxy groups -OCH3 is 1. The van der Waals surface area contributed by atoms with Crippen LogP contribution in [0.15, 0.2) is 75.4 Å². The monoisotopic (exact) mass is 734 g/mol. The van der Waals surface area contributed by atoms with Crippen molar-refractivity contribution in [1.82, 2.24) is 16.1 Å². The fraction of sp³-hybridized carbons (Fsp3) is 0.226. The Bertz CT molecular complexity index is 1670. The second-order valence-corrected chi connectivity index (χ2v) is 11.5. The number of hydrazone groups is 1. The Balaban J connectivity index is 1.40. The minimum absolute atomic E-state index is 0.215. The van der Waals surface area contributed by atoms with Gasteiger partial charge in [-0.15, -0.1) is 0 Å². The topological polar surface area (TPSA) is 120 Å². The molecule has 0 aromatic heterocycles. The van der Waals surface area contributed by atoms with Crippen LogP contribution in [0.4, 0.5) is 0 Å². The maximum atomic E-state index is 12.8. The Morgan fingerprint density at radius 1 is 1.07 bits per heavy atom. The lowest BCUT2D eigenvalue weighted by molar-refractivity contribution is -0.139. The molecule has 1 amide bonds. The van der Waals surface area contributed by atoms with Crippen molar-refractivity contribution in [2.24, 2.45) is 5.10 Å². The Hall–Kier alpha value is -3.84. The van der Waals surface area contributed by atoms with Gasteiger partial charge in [-0.1, -0.05) is 47.5 Å². The van der Waals surface area contributed by atoms with Crippen LogP contribution in [0.5, 0.6) is 17.2 Å². The van der Waals surface area contributed by atoms with Crippen LogP contribution in [0.3, 0.4) is 0 Å². The number of benzene rings is 3. The number of para-hydroxylation sites is 1. The average Bonchev–Trinajstić information content (AvgIpc) is 3.01. The number of rotatable bonds is 12. The fourth-order valence-electron chi connectivity index (χ4n) is 4.32. The zero-order valence-electron chi connectivity index (χ0n) is 24.4. The molecule has 0 aliphatic carbocycles. The Morgan fingerprint density at radius 3 is 2.58 bits per heavy atom. The van der Waals surface area contributed by atoms with Crippen LogP contribution in [-0.4, -0.2) is 43.5 Å². The predicted octanol–water partition coefficient (Wildman–Crippen LogP) is 6.23. The van der Waals surface area contributed by atoms with E-state index >= 15 is 0 Å². The summed E-state index contributed by atoms with van der Waals surface area (Å²) in [5.74, 6) is 0.347. The molecule has 10 nitrogen and oxygen atoms in total. The van der Waals surface area contributed by atoms with E-state index < -0.39 is 17.9 Å². The van der Waals surface area contributed by atoms with E-state index in [1.807, 2.05) is 6.07 Å². The number of ether oxygens (including phenoxy) is 4. The summed E-state index contributed by atoms with van der Waals surface area (Å²) < 4.78 is 23.2. The zero-order chi connectivity index (χ0) is 32.5. The van der Waals surface area contributed by atoms with Crippen molar-refractivity contribution in [2.75, 3.05) is 20.3 Å². The maximum Gasteiger partial charge on any atom is 0.338 e. The molecule has 1 aliphatic rings. The molecule has 1 atom stereocenters. The fourth-order valence-corrected chi connectivity index (χ4v) is 5.34. The van der Waals surface area contributed by atoms with E-state index in [1.165, 1.54) is 13.3 Å². The predicted molar refractivity (Wildman–Crippen MR) is 180 cm³/mol. The lowest BCUT2D eigenvalue weighted by atomic mass is 9.95. The molecule has 0 bridgehead atoms. The first-order valence-electron chi connectivity index (χ1n) is 13.5. The molecule has 4 rings (SSSR count). The van der Waals surface area contributed by atoms with Gasteiger partial charge in [-0.2, -0.15) is 5.10 Å². The molecule has 0 spiro atoms. The van der Waals surface area contributed by atoms with Crippen molar-refractivity contribution in [3.05, 3.63) is 97.1 Å². The van der Waals surface area contributed by atoms with Crippen molar-refractivity contribution >= 4 is 74.6 Å². The van der Waals surface area contributed by atoms with Crippen LogP contribution in [0.25, 0.3) is 0 Å². The summed E-state index contributed by atoms with van der Waals surface area (Å²) in [5, 5.41) is 11.4. The Labute approximate surface area is 284 Å². The number of allylic oxidation sites excluding steroid dienone is 1. The van der Waals surface area contributed by atoms with E-state index in [2.05, 4.69) is 37.1 Å². The molecule has 0 unspecified atom stereocenters. The van der Waals surface area contributed by atoms with Gasteiger partial charge in [0.15, 0.2) is 23.2 Å². The minimum Gasteiger partial charge on any atom is -0.493 e. The molecule has 1 aliphatic heterocycles. The minimum atomic E-state index is -0.640. The first-order valence-corrected chi connectivity index (χ1v) is 15.5. The first-order chi connectivity index (χ1) is 21.6. The second-order valence-electron chi connectivity index (χ2n) is 9.47. The lowest BCUT2D eigenvalue weighted by Gasteiger charge is -2.30. The first kappa shape index (κ1) is 34.0. The highest BCUT2D eigenvalue weighted by Gasteiger charge is 2.32. The van der Waals surface area contributed by atoms with Gasteiger partial charge in [-0.3, -0.25) is 4.79 Å². The number of nitrogens with one attached hydrogen (secondary N) is 3. The molecule has 1 heterocycles. The number of thiocarbonyl (C=S) groups is 1. The van der Waals surface area contributed by atoms with E-state index in [0.29, 0.717) is 59.3 Å². The molecule has 0 saturated heterocycles. The van der Waals surface area contributed by atoms with Crippen molar-refractivity contribution in [3.63, 3.8) is 0 Å². The maximum absolute atomic E-state index is 12.8. The van der Waals surface area contributed by atoms with Gasteiger partial charge in [0.2, 0.25) is 0 Å². The van der Waals surface area contributed by atoms with Crippen LogP contribution in [0.2, 0.25) is 10.0 Å². The second kappa shape index (κ2) is 15.9. The average molecular weight is 736 g/mol. The summed E-state index contributed by atoms with van der Waals surface area (Å²) in [6.07, 6.45) is 1.46. The van der Waals surface area contributed by atoms with Crippen molar-refractivity contribution in [1.29, 1.82) is 0 Å². The van der Waals surface area contributed by atoms with Crippen LogP contribution in [0, 0.1) is 0 Å². The standard InChI is InChI=1S/C31H29BrCl2N4O6S/c1-4-42-30(40)28-17(2)36-31(45)37-29(28)20-7-5-6-8-24(20)44-16-27(39)38-35-14-19-12-25(41-3)26(13-21(19)32)43-15-18-9-10-22(33)23(34)11-18/h5-14,29H,4,15-16H2,1-3H3,(H,38,39)(H2,36,37,45)/t29-/m0/s1. The summed E-state index contributed by atoms with van der Waals surface area (Å²) in [6, 6.07) is 15.1. The van der Waals surface area contributed by atoms with Crippen LogP contribution < -0.4 is 30.3 Å². The number of carbonyl (C=O) groups is 2. The van der Waals surface area contributed by atoms with E-state index in [0.717, 1.165) is 5.56 Å². The van der Waals surface area contributed by atoms with E-state index in [1.54, 1.807) is 62.4 Å². The number of hydrogen-bond donors (Lipinski definition) is 3. The van der Waals surface area contributed by atoms with Crippen molar-refractivity contribution < 1.29 is 28.5 Å². The third-order valence-electron chi connectivity index (χ3n) is 6.41. The number of hydrogen-bond acceptors (Lipinski definition) is 8. The summed E-state index contributed by atoms with van der Waals surface area (Å²) in [5.41, 5.74) is 5.46. The highest BCUT2D eigenvalue weighted by atomic mass is 79.9. The number of esters is 1. The van der Waals surface area contributed by atoms with Gasteiger partial charge in [0.05, 0.1) is 41.6 Å². The number of amides is 1. The van der Waals surface area contributed by atoms with E-state index in [4.69, 9.17) is 54.4 Å². The summed E-state index contributed by atoms with van der Waals surface area (Å²) in [7, 11) is 1.52. The number of halogens is 3. The van der Waals surface area contributed by atoms with Gasteiger partial charge in [0.1, 0.15) is 12.4 Å². The quantitative estimate of drug-likeness (QED) is 0.0861. The van der Waals surface area contributed by atoms with Crippen LogP contribution in [0.1, 0.15) is 36.6 Å². The van der Waals surface area contributed by atoms with Gasteiger partial charge in [0.25, 0.3) is 5.91 Å². The van der Waals surface area contributed by atoms with Gasteiger partial charge < -0.3 is 29.6 Å². The van der Waals surface area contributed by atoms with Crippen LogP contribution >= 0.6 is 51.3 Å². The normalized spacial score (nSPS) is 14.4. The highest BCUT2D eigenvalue weighted by Crippen LogP contribution is 2.35. The van der Waals surface area contributed by atoms with Gasteiger partial charge >= 0.3 is 5.97 Å². The SMILES string of the molecule is CCOC(=O)C1=C(C)NC(=S)N[C@H]1c1ccccc1OCC(=O)NN=Cc1cc(OC)c(OCc2ccc(Cl)c(Cl)c2)cc1Br. The largest absolute Gasteiger partial charge is 0.493 e. The van der Waals surface area contributed by atoms with Gasteiger partial charge in [0, 0.05) is 21.3 Å². The molecule has 14 heteroatoms. The molecule has 45 heavy (non-hydrogen) atoms. The summed E-state index contributed by atoms with van der Waals surface area (Å²) >= 11 is 20.9. The number of carbonyl (C=O) groups excluding carboxylic acids is 2. The number of nitrogens with zero attached hydrogens (tertiary/aromatic N) is 1. The van der Waals surface area contributed by atoms with Gasteiger partial charge in [-0.05, 0) is 77.9 Å². The molecular formula is C31H29BrCl2N4O6S. The van der Waals surface area contributed by atoms with E-state index in [9.17, 15) is 9.59 Å².